The SMILES string of the molecule is O=S(=O)(NCCc1ccccn1)c1ccc(Br)cc1Cl. The van der Waals surface area contributed by atoms with Gasteiger partial charge in [0.15, 0.2) is 0 Å². The van der Waals surface area contributed by atoms with Crippen LogP contribution in [0.5, 0.6) is 0 Å². The van der Waals surface area contributed by atoms with Gasteiger partial charge in [-0.3, -0.25) is 4.98 Å². The summed E-state index contributed by atoms with van der Waals surface area (Å²) in [6.07, 6.45) is 2.20. The van der Waals surface area contributed by atoms with E-state index in [1.165, 1.54) is 6.07 Å². The third kappa shape index (κ3) is 4.02. The number of rotatable bonds is 5. The Balaban J connectivity index is 2.04. The molecular formula is C13H12BrClN2O2S. The van der Waals surface area contributed by atoms with E-state index in [2.05, 4.69) is 25.6 Å². The molecule has 0 spiro atoms. The Morgan fingerprint density at radius 2 is 2.05 bits per heavy atom. The van der Waals surface area contributed by atoms with E-state index in [1.54, 1.807) is 18.3 Å². The van der Waals surface area contributed by atoms with E-state index < -0.39 is 10.0 Å². The lowest BCUT2D eigenvalue weighted by molar-refractivity contribution is 0.581. The monoisotopic (exact) mass is 374 g/mol. The van der Waals surface area contributed by atoms with Crippen LogP contribution in [-0.4, -0.2) is 19.9 Å². The first kappa shape index (κ1) is 15.4. The molecule has 0 saturated carbocycles. The molecule has 1 N–H and O–H groups in total. The van der Waals surface area contributed by atoms with Crippen LogP contribution in [0, 0.1) is 0 Å². The van der Waals surface area contributed by atoms with Crippen molar-refractivity contribution in [3.63, 3.8) is 0 Å². The van der Waals surface area contributed by atoms with Crippen molar-refractivity contribution < 1.29 is 8.42 Å². The number of pyridine rings is 1. The molecule has 7 heteroatoms. The maximum Gasteiger partial charge on any atom is 0.242 e. The standard InChI is InChI=1S/C13H12BrClN2O2S/c14-10-4-5-13(12(15)9-10)20(18,19)17-8-6-11-3-1-2-7-16-11/h1-5,7,9,17H,6,8H2. The summed E-state index contributed by atoms with van der Waals surface area (Å²) < 4.78 is 27.5. The topological polar surface area (TPSA) is 59.1 Å². The Bertz CT molecular complexity index is 693. The van der Waals surface area contributed by atoms with Crippen LogP contribution in [0.15, 0.2) is 52.0 Å². The van der Waals surface area contributed by atoms with Crippen molar-refractivity contribution in [1.29, 1.82) is 0 Å². The van der Waals surface area contributed by atoms with E-state index in [0.717, 1.165) is 10.2 Å². The van der Waals surface area contributed by atoms with Crippen LogP contribution >= 0.6 is 27.5 Å². The van der Waals surface area contributed by atoms with Gasteiger partial charge in [-0.1, -0.05) is 33.6 Å². The summed E-state index contributed by atoms with van der Waals surface area (Å²) in [6.45, 7) is 0.270. The molecular weight excluding hydrogens is 364 g/mol. The molecule has 2 aromatic rings. The maximum atomic E-state index is 12.1. The predicted molar refractivity (Wildman–Crippen MR) is 82.3 cm³/mol. The van der Waals surface area contributed by atoms with E-state index in [9.17, 15) is 8.42 Å². The summed E-state index contributed by atoms with van der Waals surface area (Å²) in [5.41, 5.74) is 0.831. The van der Waals surface area contributed by atoms with E-state index >= 15 is 0 Å². The van der Waals surface area contributed by atoms with Gasteiger partial charge >= 0.3 is 0 Å². The molecule has 20 heavy (non-hydrogen) atoms. The van der Waals surface area contributed by atoms with Crippen molar-refractivity contribution in [3.05, 3.63) is 57.8 Å². The van der Waals surface area contributed by atoms with Gasteiger partial charge in [0.05, 0.1) is 5.02 Å². The molecule has 0 atom stereocenters. The molecule has 106 valence electrons. The number of hydrogen-bond acceptors (Lipinski definition) is 3. The molecule has 1 heterocycles. The van der Waals surface area contributed by atoms with Crippen molar-refractivity contribution in [2.24, 2.45) is 0 Å². The molecule has 0 saturated heterocycles. The number of aromatic nitrogens is 1. The Morgan fingerprint density at radius 3 is 2.70 bits per heavy atom. The summed E-state index contributed by atoms with van der Waals surface area (Å²) >= 11 is 9.19. The van der Waals surface area contributed by atoms with Gasteiger partial charge in [0, 0.05) is 29.3 Å². The number of halogens is 2. The van der Waals surface area contributed by atoms with Gasteiger partial charge in [-0.15, -0.1) is 0 Å². The molecule has 0 aliphatic carbocycles. The highest BCUT2D eigenvalue weighted by Crippen LogP contribution is 2.24. The van der Waals surface area contributed by atoms with Crippen LogP contribution in [0.1, 0.15) is 5.69 Å². The second kappa shape index (κ2) is 6.67. The second-order valence-electron chi connectivity index (χ2n) is 4.04. The van der Waals surface area contributed by atoms with Crippen LogP contribution in [0.3, 0.4) is 0 Å². The van der Waals surface area contributed by atoms with Crippen molar-refractivity contribution in [1.82, 2.24) is 9.71 Å². The normalized spacial score (nSPS) is 11.5. The van der Waals surface area contributed by atoms with Gasteiger partial charge in [0.1, 0.15) is 4.90 Å². The Morgan fingerprint density at radius 1 is 1.25 bits per heavy atom. The van der Waals surface area contributed by atoms with Crippen LogP contribution in [-0.2, 0) is 16.4 Å². The maximum absolute atomic E-state index is 12.1. The van der Waals surface area contributed by atoms with Crippen LogP contribution in [0.25, 0.3) is 0 Å². The van der Waals surface area contributed by atoms with Crippen molar-refractivity contribution >= 4 is 37.6 Å². The summed E-state index contributed by atoms with van der Waals surface area (Å²) in [7, 11) is -3.61. The molecule has 1 aromatic heterocycles. The first-order valence-electron chi connectivity index (χ1n) is 5.84. The number of hydrogen-bond donors (Lipinski definition) is 1. The number of benzene rings is 1. The highest BCUT2D eigenvalue weighted by molar-refractivity contribution is 9.10. The first-order chi connectivity index (χ1) is 9.49. The van der Waals surface area contributed by atoms with Crippen molar-refractivity contribution in [3.8, 4) is 0 Å². The minimum Gasteiger partial charge on any atom is -0.261 e. The molecule has 0 unspecified atom stereocenters. The zero-order chi connectivity index (χ0) is 14.6. The van der Waals surface area contributed by atoms with Crippen LogP contribution < -0.4 is 4.72 Å². The zero-order valence-electron chi connectivity index (χ0n) is 10.4. The molecule has 0 radical (unpaired) electrons. The lowest BCUT2D eigenvalue weighted by Gasteiger charge is -2.08. The third-order valence-corrected chi connectivity index (χ3v) is 5.02. The lowest BCUT2D eigenvalue weighted by Crippen LogP contribution is -2.26. The highest BCUT2D eigenvalue weighted by atomic mass is 79.9. The van der Waals surface area contributed by atoms with Crippen LogP contribution in [0.4, 0.5) is 0 Å². The number of nitrogens with zero attached hydrogens (tertiary/aromatic N) is 1. The highest BCUT2D eigenvalue weighted by Gasteiger charge is 2.17. The Labute approximate surface area is 131 Å². The van der Waals surface area contributed by atoms with E-state index in [1.807, 2.05) is 18.2 Å². The average Bonchev–Trinajstić information content (AvgIpc) is 2.39. The van der Waals surface area contributed by atoms with E-state index in [4.69, 9.17) is 11.6 Å². The van der Waals surface area contributed by atoms with Crippen molar-refractivity contribution in [2.45, 2.75) is 11.3 Å². The zero-order valence-corrected chi connectivity index (χ0v) is 13.5. The van der Waals surface area contributed by atoms with Gasteiger partial charge in [-0.25, -0.2) is 13.1 Å². The Hall–Kier alpha value is -0.950. The second-order valence-corrected chi connectivity index (χ2v) is 7.10. The molecule has 0 aliphatic rings. The molecule has 1 aromatic carbocycles. The number of nitrogens with one attached hydrogen (secondary N) is 1. The van der Waals surface area contributed by atoms with E-state index in [0.29, 0.717) is 6.42 Å². The molecule has 0 aliphatic heterocycles. The molecule has 0 amide bonds. The predicted octanol–water partition coefficient (Wildman–Crippen LogP) is 3.02. The largest absolute Gasteiger partial charge is 0.261 e. The van der Waals surface area contributed by atoms with Crippen LogP contribution in [0.2, 0.25) is 5.02 Å². The molecule has 0 fully saturated rings. The fourth-order valence-corrected chi connectivity index (χ4v) is 3.70. The molecule has 4 nitrogen and oxygen atoms in total. The minimum atomic E-state index is -3.61. The summed E-state index contributed by atoms with van der Waals surface area (Å²) in [4.78, 5) is 4.21. The summed E-state index contributed by atoms with van der Waals surface area (Å²) in [5.74, 6) is 0. The minimum absolute atomic E-state index is 0.0726. The lowest BCUT2D eigenvalue weighted by atomic mass is 10.3. The van der Waals surface area contributed by atoms with Crippen molar-refractivity contribution in [2.75, 3.05) is 6.54 Å². The quantitative estimate of drug-likeness (QED) is 0.874. The van der Waals surface area contributed by atoms with Gasteiger partial charge in [-0.05, 0) is 30.3 Å². The van der Waals surface area contributed by atoms with E-state index in [-0.39, 0.29) is 16.5 Å². The molecule has 0 bridgehead atoms. The van der Waals surface area contributed by atoms with Gasteiger partial charge < -0.3 is 0 Å². The van der Waals surface area contributed by atoms with Gasteiger partial charge in [0.25, 0.3) is 0 Å². The molecule has 2 rings (SSSR count). The average molecular weight is 376 g/mol. The summed E-state index contributed by atoms with van der Waals surface area (Å²) in [6, 6.07) is 10.2. The number of sulfonamides is 1. The Kier molecular flexibility index (Phi) is 5.15. The fourth-order valence-electron chi connectivity index (χ4n) is 1.63. The third-order valence-electron chi connectivity index (χ3n) is 2.58. The van der Waals surface area contributed by atoms with Gasteiger partial charge in [0.2, 0.25) is 10.0 Å². The van der Waals surface area contributed by atoms with Gasteiger partial charge in [-0.2, -0.15) is 0 Å². The first-order valence-corrected chi connectivity index (χ1v) is 8.49. The fraction of sp³-hybridized carbons (Fsp3) is 0.154. The smallest absolute Gasteiger partial charge is 0.242 e. The summed E-state index contributed by atoms with van der Waals surface area (Å²) in [5, 5.41) is 0.185.